The molecule has 0 aliphatic carbocycles. The van der Waals surface area contributed by atoms with E-state index in [4.69, 9.17) is 5.73 Å². The molecule has 2 N–H and O–H groups in total. The van der Waals surface area contributed by atoms with Crippen molar-refractivity contribution in [1.82, 2.24) is 4.90 Å². The molecular weight excluding hydrogens is 172 g/mol. The predicted molar refractivity (Wildman–Crippen MR) is 62.3 cm³/mol. The second kappa shape index (κ2) is 5.72. The van der Waals surface area contributed by atoms with E-state index in [0.29, 0.717) is 6.04 Å². The zero-order chi connectivity index (χ0) is 10.6. The SMILES string of the molecule is CCCC(C)N1CCCC(C)C1CN. The average Bonchev–Trinajstić information content (AvgIpc) is 2.17. The molecular formula is C12H26N2. The predicted octanol–water partition coefficient (Wildman–Crippen LogP) is 2.23. The highest BCUT2D eigenvalue weighted by Gasteiger charge is 2.29. The van der Waals surface area contributed by atoms with E-state index in [2.05, 4.69) is 25.7 Å². The van der Waals surface area contributed by atoms with Crippen molar-refractivity contribution in [2.75, 3.05) is 13.1 Å². The van der Waals surface area contributed by atoms with E-state index in [1.807, 2.05) is 0 Å². The van der Waals surface area contributed by atoms with Crippen molar-refractivity contribution in [3.8, 4) is 0 Å². The molecule has 3 unspecified atom stereocenters. The van der Waals surface area contributed by atoms with Crippen LogP contribution in [0.25, 0.3) is 0 Å². The molecule has 0 aromatic rings. The topological polar surface area (TPSA) is 29.3 Å². The van der Waals surface area contributed by atoms with E-state index < -0.39 is 0 Å². The standard InChI is InChI=1S/C12H26N2/c1-4-6-11(3)14-8-5-7-10(2)12(14)9-13/h10-12H,4-9,13H2,1-3H3. The van der Waals surface area contributed by atoms with Crippen molar-refractivity contribution in [2.24, 2.45) is 11.7 Å². The van der Waals surface area contributed by atoms with Crippen LogP contribution in [0.5, 0.6) is 0 Å². The first-order valence-electron chi connectivity index (χ1n) is 6.16. The van der Waals surface area contributed by atoms with Crippen molar-refractivity contribution in [3.05, 3.63) is 0 Å². The van der Waals surface area contributed by atoms with E-state index in [1.54, 1.807) is 0 Å². The maximum Gasteiger partial charge on any atom is 0.0246 e. The molecule has 1 aliphatic heterocycles. The van der Waals surface area contributed by atoms with Gasteiger partial charge in [0.1, 0.15) is 0 Å². The van der Waals surface area contributed by atoms with Crippen LogP contribution in [-0.4, -0.2) is 30.1 Å². The first-order valence-corrected chi connectivity index (χ1v) is 6.16. The van der Waals surface area contributed by atoms with Crippen molar-refractivity contribution in [3.63, 3.8) is 0 Å². The molecule has 0 amide bonds. The number of hydrogen-bond donors (Lipinski definition) is 1. The summed E-state index contributed by atoms with van der Waals surface area (Å²) in [6.45, 7) is 9.05. The lowest BCUT2D eigenvalue weighted by Gasteiger charge is -2.43. The fourth-order valence-corrected chi connectivity index (χ4v) is 2.78. The number of nitrogens with zero attached hydrogens (tertiary/aromatic N) is 1. The Morgan fingerprint density at radius 1 is 1.50 bits per heavy atom. The second-order valence-electron chi connectivity index (χ2n) is 4.80. The molecule has 84 valence electrons. The van der Waals surface area contributed by atoms with Crippen LogP contribution < -0.4 is 5.73 Å². The van der Waals surface area contributed by atoms with Crippen LogP contribution in [0.15, 0.2) is 0 Å². The van der Waals surface area contributed by atoms with Gasteiger partial charge in [0.25, 0.3) is 0 Å². The van der Waals surface area contributed by atoms with Crippen molar-refractivity contribution < 1.29 is 0 Å². The summed E-state index contributed by atoms with van der Waals surface area (Å²) in [7, 11) is 0. The molecule has 2 heteroatoms. The molecule has 1 fully saturated rings. The number of piperidine rings is 1. The zero-order valence-electron chi connectivity index (χ0n) is 10.00. The lowest BCUT2D eigenvalue weighted by molar-refractivity contribution is 0.0653. The third kappa shape index (κ3) is 2.71. The second-order valence-corrected chi connectivity index (χ2v) is 4.80. The van der Waals surface area contributed by atoms with Crippen molar-refractivity contribution in [2.45, 2.75) is 58.5 Å². The van der Waals surface area contributed by atoms with Gasteiger partial charge in [0, 0.05) is 18.6 Å². The fourth-order valence-electron chi connectivity index (χ4n) is 2.78. The van der Waals surface area contributed by atoms with Gasteiger partial charge in [-0.15, -0.1) is 0 Å². The van der Waals surface area contributed by atoms with Crippen LogP contribution in [0, 0.1) is 5.92 Å². The van der Waals surface area contributed by atoms with Crippen LogP contribution >= 0.6 is 0 Å². The van der Waals surface area contributed by atoms with Gasteiger partial charge < -0.3 is 5.73 Å². The summed E-state index contributed by atoms with van der Waals surface area (Å²) in [5, 5.41) is 0. The number of likely N-dealkylation sites (tertiary alicyclic amines) is 1. The Bertz CT molecular complexity index is 158. The minimum absolute atomic E-state index is 0.630. The highest BCUT2D eigenvalue weighted by molar-refractivity contribution is 4.85. The third-order valence-corrected chi connectivity index (χ3v) is 3.67. The van der Waals surface area contributed by atoms with Gasteiger partial charge in [-0.25, -0.2) is 0 Å². The summed E-state index contributed by atoms with van der Waals surface area (Å²) in [6, 6.07) is 1.35. The third-order valence-electron chi connectivity index (χ3n) is 3.67. The summed E-state index contributed by atoms with van der Waals surface area (Å²) in [6.07, 6.45) is 5.30. The molecule has 1 aliphatic rings. The summed E-state index contributed by atoms with van der Waals surface area (Å²) in [5.41, 5.74) is 5.88. The summed E-state index contributed by atoms with van der Waals surface area (Å²) in [4.78, 5) is 2.64. The van der Waals surface area contributed by atoms with E-state index in [-0.39, 0.29) is 0 Å². The monoisotopic (exact) mass is 198 g/mol. The fraction of sp³-hybridized carbons (Fsp3) is 1.00. The van der Waals surface area contributed by atoms with Gasteiger partial charge in [-0.2, -0.15) is 0 Å². The van der Waals surface area contributed by atoms with E-state index >= 15 is 0 Å². The Labute approximate surface area is 88.8 Å². The van der Waals surface area contributed by atoms with Crippen molar-refractivity contribution >= 4 is 0 Å². The number of hydrogen-bond acceptors (Lipinski definition) is 2. The van der Waals surface area contributed by atoms with Gasteiger partial charge >= 0.3 is 0 Å². The van der Waals surface area contributed by atoms with Crippen LogP contribution in [-0.2, 0) is 0 Å². The Balaban J connectivity index is 2.55. The first-order chi connectivity index (χ1) is 6.70. The first kappa shape index (κ1) is 12.0. The molecule has 1 heterocycles. The molecule has 2 nitrogen and oxygen atoms in total. The summed E-state index contributed by atoms with van der Waals surface area (Å²) < 4.78 is 0. The van der Waals surface area contributed by atoms with Gasteiger partial charge in [-0.1, -0.05) is 20.3 Å². The maximum absolute atomic E-state index is 5.88. The van der Waals surface area contributed by atoms with E-state index in [1.165, 1.54) is 32.2 Å². The number of rotatable bonds is 4. The van der Waals surface area contributed by atoms with Gasteiger partial charge in [-0.3, -0.25) is 4.90 Å². The minimum Gasteiger partial charge on any atom is -0.329 e. The lowest BCUT2D eigenvalue weighted by atomic mass is 9.89. The maximum atomic E-state index is 5.88. The molecule has 0 saturated carbocycles. The van der Waals surface area contributed by atoms with Gasteiger partial charge in [-0.05, 0) is 38.6 Å². The smallest absolute Gasteiger partial charge is 0.0246 e. The highest BCUT2D eigenvalue weighted by atomic mass is 15.2. The van der Waals surface area contributed by atoms with Gasteiger partial charge in [0.15, 0.2) is 0 Å². The van der Waals surface area contributed by atoms with E-state index in [0.717, 1.165) is 18.5 Å². The zero-order valence-corrected chi connectivity index (χ0v) is 10.00. The normalized spacial score (nSPS) is 31.7. The Morgan fingerprint density at radius 2 is 2.21 bits per heavy atom. The average molecular weight is 198 g/mol. The summed E-state index contributed by atoms with van der Waals surface area (Å²) >= 11 is 0. The quantitative estimate of drug-likeness (QED) is 0.750. The molecule has 0 bridgehead atoms. The van der Waals surface area contributed by atoms with Crippen molar-refractivity contribution in [1.29, 1.82) is 0 Å². The Kier molecular flexibility index (Phi) is 4.90. The van der Waals surface area contributed by atoms with Crippen LogP contribution in [0.1, 0.15) is 46.5 Å². The highest BCUT2D eigenvalue weighted by Crippen LogP contribution is 2.25. The molecule has 1 saturated heterocycles. The molecule has 0 radical (unpaired) electrons. The minimum atomic E-state index is 0.630. The molecule has 0 aromatic heterocycles. The molecule has 3 atom stereocenters. The molecule has 0 aromatic carbocycles. The molecule has 1 rings (SSSR count). The van der Waals surface area contributed by atoms with Gasteiger partial charge in [0.2, 0.25) is 0 Å². The largest absolute Gasteiger partial charge is 0.329 e. The Morgan fingerprint density at radius 3 is 2.79 bits per heavy atom. The van der Waals surface area contributed by atoms with Crippen LogP contribution in [0.3, 0.4) is 0 Å². The lowest BCUT2D eigenvalue weighted by Crippen LogP contribution is -2.52. The van der Waals surface area contributed by atoms with Gasteiger partial charge in [0.05, 0.1) is 0 Å². The molecule has 0 spiro atoms. The number of nitrogens with two attached hydrogens (primary N) is 1. The summed E-state index contributed by atoms with van der Waals surface area (Å²) in [5.74, 6) is 0.785. The van der Waals surface area contributed by atoms with E-state index in [9.17, 15) is 0 Å². The molecule has 14 heavy (non-hydrogen) atoms. The van der Waals surface area contributed by atoms with Crippen LogP contribution in [0.4, 0.5) is 0 Å². The van der Waals surface area contributed by atoms with Crippen LogP contribution in [0.2, 0.25) is 0 Å². The Hall–Kier alpha value is -0.0800.